The van der Waals surface area contributed by atoms with Crippen LogP contribution in [0.15, 0.2) is 0 Å². The van der Waals surface area contributed by atoms with Crippen molar-refractivity contribution in [1.29, 1.82) is 0 Å². The van der Waals surface area contributed by atoms with Gasteiger partial charge in [0.1, 0.15) is 10.7 Å². The van der Waals surface area contributed by atoms with Crippen LogP contribution in [0, 0.1) is 29.6 Å². The number of rotatable bonds is 9. The van der Waals surface area contributed by atoms with Gasteiger partial charge in [0.15, 0.2) is 0 Å². The molecule has 198 valence electrons. The van der Waals surface area contributed by atoms with E-state index < -0.39 is 15.6 Å². The van der Waals surface area contributed by atoms with Gasteiger partial charge < -0.3 is 4.74 Å². The Labute approximate surface area is 209 Å². The summed E-state index contributed by atoms with van der Waals surface area (Å²) in [6.07, 6.45) is 11.2. The molecule has 1 heterocycles. The second-order valence-corrected chi connectivity index (χ2v) is 14.1. The number of ether oxygens (including phenoxy) is 1. The van der Waals surface area contributed by atoms with E-state index in [2.05, 4.69) is 9.93 Å². The summed E-state index contributed by atoms with van der Waals surface area (Å²) in [5.41, 5.74) is -0.566. The Morgan fingerprint density at radius 1 is 0.912 bits per heavy atom. The number of carbonyl (C=O) groups excluding carboxylic acids is 1. The topological polar surface area (TPSA) is 91.4 Å². The Balaban J connectivity index is 1.90. The molecule has 3 aliphatic rings. The van der Waals surface area contributed by atoms with Crippen molar-refractivity contribution in [2.75, 3.05) is 25.3 Å². The summed E-state index contributed by atoms with van der Waals surface area (Å²) in [5.74, 6) is 0.255. The number of hydrogen-bond donors (Lipinski definition) is 0. The lowest BCUT2D eigenvalue weighted by molar-refractivity contribution is -0.447. The number of sulfonamides is 1. The van der Waals surface area contributed by atoms with Crippen LogP contribution >= 0.6 is 12.0 Å². The molecule has 0 N–H and O–H groups in total. The van der Waals surface area contributed by atoms with E-state index in [0.717, 1.165) is 51.4 Å². The van der Waals surface area contributed by atoms with Gasteiger partial charge in [-0.3, -0.25) is 4.79 Å². The van der Waals surface area contributed by atoms with Crippen LogP contribution in [0.25, 0.3) is 0 Å². The average Bonchev–Trinajstić information content (AvgIpc) is 2.81. The Kier molecular flexibility index (Phi) is 10.5. The molecule has 0 aromatic carbocycles. The Hall–Kier alpha value is -0.390. The highest BCUT2D eigenvalue weighted by atomic mass is 32.3. The number of carbonyl (C=O) groups is 1. The van der Waals surface area contributed by atoms with Gasteiger partial charge in [-0.2, -0.15) is 0 Å². The molecule has 0 bridgehead atoms. The lowest BCUT2D eigenvalue weighted by atomic mass is 9.63. The highest BCUT2D eigenvalue weighted by Crippen LogP contribution is 2.47. The van der Waals surface area contributed by atoms with Crippen molar-refractivity contribution in [2.24, 2.45) is 29.6 Å². The molecule has 0 spiro atoms. The fraction of sp³-hybridized carbons (Fsp3) is 0.958. The minimum atomic E-state index is -3.61. The van der Waals surface area contributed by atoms with E-state index in [0.29, 0.717) is 37.0 Å². The molecule has 2 unspecified atom stereocenters. The quantitative estimate of drug-likeness (QED) is 0.136. The molecular weight excluding hydrogens is 478 g/mol. The zero-order valence-corrected chi connectivity index (χ0v) is 22.8. The first-order valence-electron chi connectivity index (χ1n) is 12.8. The van der Waals surface area contributed by atoms with E-state index in [-0.39, 0.29) is 28.8 Å². The van der Waals surface area contributed by atoms with E-state index >= 15 is 0 Å². The molecule has 1 aliphatic heterocycles. The van der Waals surface area contributed by atoms with Gasteiger partial charge in [-0.05, 0) is 44.4 Å². The molecule has 0 aromatic heterocycles. The number of piperidine rings is 1. The third-order valence-electron chi connectivity index (χ3n) is 7.68. The zero-order valence-electron chi connectivity index (χ0n) is 21.2. The van der Waals surface area contributed by atoms with Crippen molar-refractivity contribution >= 4 is 28.0 Å². The summed E-state index contributed by atoms with van der Waals surface area (Å²) < 4.78 is 39.0. The maximum atomic E-state index is 13.7. The fourth-order valence-electron chi connectivity index (χ4n) is 6.25. The van der Waals surface area contributed by atoms with Gasteiger partial charge in [-0.1, -0.05) is 69.2 Å². The number of hydrogen-bond acceptors (Lipinski definition) is 8. The Morgan fingerprint density at radius 3 is 1.85 bits per heavy atom. The maximum absolute atomic E-state index is 13.7. The van der Waals surface area contributed by atoms with Crippen LogP contribution in [0.4, 0.5) is 0 Å². The first kappa shape index (κ1) is 28.2. The molecule has 2 atom stereocenters. The molecule has 34 heavy (non-hydrogen) atoms. The highest BCUT2D eigenvalue weighted by molar-refractivity contribution is 8.08. The third kappa shape index (κ3) is 7.80. The average molecular weight is 522 g/mol. The summed E-state index contributed by atoms with van der Waals surface area (Å²) in [6, 6.07) is 0. The summed E-state index contributed by atoms with van der Waals surface area (Å²) >= 11 is 0.699. The van der Waals surface area contributed by atoms with E-state index in [4.69, 9.17) is 9.07 Å². The summed E-state index contributed by atoms with van der Waals surface area (Å²) in [6.45, 7) is 6.47. The zero-order chi connectivity index (χ0) is 24.8. The Morgan fingerprint density at radius 2 is 1.41 bits per heavy atom. The molecule has 0 aromatic rings. The van der Waals surface area contributed by atoms with Gasteiger partial charge in [0.2, 0.25) is 10.0 Å². The van der Waals surface area contributed by atoms with Crippen LogP contribution in [-0.4, -0.2) is 49.6 Å². The molecule has 8 nitrogen and oxygen atoms in total. The van der Waals surface area contributed by atoms with Crippen LogP contribution in [0.3, 0.4) is 0 Å². The van der Waals surface area contributed by atoms with E-state index in [1.54, 1.807) is 4.31 Å². The van der Waals surface area contributed by atoms with Crippen molar-refractivity contribution in [3.63, 3.8) is 0 Å². The molecule has 10 heteroatoms. The normalized spacial score (nSPS) is 28.6. The van der Waals surface area contributed by atoms with Crippen molar-refractivity contribution in [3.05, 3.63) is 0 Å². The second kappa shape index (κ2) is 12.7. The highest BCUT2D eigenvalue weighted by Gasteiger charge is 2.50. The molecule has 0 radical (unpaired) electrons. The SMILES string of the molecule is COOOSCS(=O)(=O)N1CC(C2CCCCC2)C(C(=O)OC(C)(C)C)C(C2CCCCC2)C1. The molecule has 2 aliphatic carbocycles. The monoisotopic (exact) mass is 521 g/mol. The smallest absolute Gasteiger partial charge is 0.310 e. The maximum Gasteiger partial charge on any atom is 0.310 e. The van der Waals surface area contributed by atoms with Crippen LogP contribution in [-0.2, 0) is 33.8 Å². The lowest BCUT2D eigenvalue weighted by Crippen LogP contribution is -2.56. The first-order valence-corrected chi connectivity index (χ1v) is 15.3. The van der Waals surface area contributed by atoms with Crippen LogP contribution in [0.1, 0.15) is 85.0 Å². The first-order chi connectivity index (χ1) is 16.1. The minimum absolute atomic E-state index is 0.0215. The van der Waals surface area contributed by atoms with Gasteiger partial charge in [-0.25, -0.2) is 17.6 Å². The molecule has 0 amide bonds. The Bertz CT molecular complexity index is 715. The van der Waals surface area contributed by atoms with Gasteiger partial charge in [0.05, 0.1) is 25.1 Å². The number of nitrogens with zero attached hydrogens (tertiary/aromatic N) is 1. The third-order valence-corrected chi connectivity index (χ3v) is 10.5. The van der Waals surface area contributed by atoms with Crippen LogP contribution < -0.4 is 0 Å². The second-order valence-electron chi connectivity index (χ2n) is 11.2. The minimum Gasteiger partial charge on any atom is -0.460 e. The van der Waals surface area contributed by atoms with Crippen molar-refractivity contribution in [1.82, 2.24) is 4.31 Å². The van der Waals surface area contributed by atoms with E-state index in [1.807, 2.05) is 20.8 Å². The summed E-state index contributed by atoms with van der Waals surface area (Å²) in [4.78, 5) is 18.0. The fourth-order valence-corrected chi connectivity index (χ4v) is 8.38. The molecule has 1 saturated heterocycles. The van der Waals surface area contributed by atoms with Gasteiger partial charge >= 0.3 is 5.97 Å². The van der Waals surface area contributed by atoms with E-state index in [1.165, 1.54) is 20.0 Å². The molecule has 3 fully saturated rings. The van der Waals surface area contributed by atoms with Crippen molar-refractivity contribution < 1.29 is 32.2 Å². The van der Waals surface area contributed by atoms with Gasteiger partial charge in [-0.15, -0.1) is 4.33 Å². The van der Waals surface area contributed by atoms with Gasteiger partial charge in [0.25, 0.3) is 0 Å². The predicted octanol–water partition coefficient (Wildman–Crippen LogP) is 5.10. The molecule has 3 rings (SSSR count). The number of esters is 1. The van der Waals surface area contributed by atoms with Crippen molar-refractivity contribution in [2.45, 2.75) is 90.6 Å². The predicted molar refractivity (Wildman–Crippen MR) is 132 cm³/mol. The lowest BCUT2D eigenvalue weighted by Gasteiger charge is -2.49. The van der Waals surface area contributed by atoms with Gasteiger partial charge in [0, 0.05) is 13.1 Å². The molecule has 2 saturated carbocycles. The van der Waals surface area contributed by atoms with E-state index in [9.17, 15) is 13.2 Å². The summed E-state index contributed by atoms with van der Waals surface area (Å²) in [7, 11) is -2.32. The standard InChI is InChI=1S/C24H43NO7S2/c1-24(2,3)30-23(26)22-20(18-11-7-5-8-12-18)15-25(34(27,28)17-33-32-31-29-4)16-21(22)19-13-9-6-10-14-19/h18-22H,5-17H2,1-4H3. The van der Waals surface area contributed by atoms with Crippen LogP contribution in [0.2, 0.25) is 0 Å². The van der Waals surface area contributed by atoms with Crippen molar-refractivity contribution in [3.8, 4) is 0 Å². The molecular formula is C24H43NO7S2. The largest absolute Gasteiger partial charge is 0.460 e. The summed E-state index contributed by atoms with van der Waals surface area (Å²) in [5, 5.41) is 4.10. The van der Waals surface area contributed by atoms with Crippen LogP contribution in [0.5, 0.6) is 0 Å².